The van der Waals surface area contributed by atoms with Crippen molar-refractivity contribution in [3.05, 3.63) is 65.2 Å². The number of pyridine rings is 1. The molecule has 25 heavy (non-hydrogen) atoms. The van der Waals surface area contributed by atoms with Crippen molar-refractivity contribution in [2.75, 3.05) is 0 Å². The number of rotatable bonds is 3. The lowest BCUT2D eigenvalue weighted by atomic mass is 9.87. The number of halogens is 1. The van der Waals surface area contributed by atoms with Gasteiger partial charge in [-0.25, -0.2) is 15.0 Å². The van der Waals surface area contributed by atoms with Gasteiger partial charge in [0, 0.05) is 23.9 Å². The predicted octanol–water partition coefficient (Wildman–Crippen LogP) is 4.97. The lowest BCUT2D eigenvalue weighted by Crippen LogP contribution is -2.11. The van der Waals surface area contributed by atoms with Gasteiger partial charge in [-0.3, -0.25) is 0 Å². The molecule has 0 saturated carbocycles. The standard InChI is InChI=1S/C19H16ClN3O2/c1-11-9-13(25-19-15-6-8-24-16(15)5-7-21-19)3-4-14(11)17-12(2)22-10-23-18(17)20/h3-8,10-11H,9H2,1-2H3. The number of furan rings is 1. The number of allylic oxidation sites excluding steroid dienone is 4. The Morgan fingerprint density at radius 2 is 2.08 bits per heavy atom. The van der Waals surface area contributed by atoms with Crippen LogP contribution in [0.2, 0.25) is 5.15 Å². The molecule has 4 rings (SSSR count). The van der Waals surface area contributed by atoms with Gasteiger partial charge in [0.2, 0.25) is 5.88 Å². The van der Waals surface area contributed by atoms with Gasteiger partial charge < -0.3 is 9.15 Å². The molecular formula is C19H16ClN3O2. The Labute approximate surface area is 150 Å². The first kappa shape index (κ1) is 15.8. The Morgan fingerprint density at radius 1 is 1.20 bits per heavy atom. The van der Waals surface area contributed by atoms with E-state index in [4.69, 9.17) is 20.8 Å². The number of aromatic nitrogens is 3. The molecule has 1 aliphatic rings. The molecule has 0 bridgehead atoms. The smallest absolute Gasteiger partial charge is 0.229 e. The average Bonchev–Trinajstić information content (AvgIpc) is 3.06. The van der Waals surface area contributed by atoms with E-state index in [1.54, 1.807) is 12.5 Å². The minimum atomic E-state index is 0.228. The maximum absolute atomic E-state index is 6.28. The van der Waals surface area contributed by atoms with Crippen LogP contribution < -0.4 is 4.74 Å². The van der Waals surface area contributed by atoms with Crippen molar-refractivity contribution >= 4 is 28.1 Å². The zero-order chi connectivity index (χ0) is 17.4. The normalized spacial score (nSPS) is 17.3. The molecule has 0 saturated heterocycles. The molecule has 0 amide bonds. The molecular weight excluding hydrogens is 338 g/mol. The third kappa shape index (κ3) is 2.91. The van der Waals surface area contributed by atoms with Gasteiger partial charge in [0.25, 0.3) is 0 Å². The lowest BCUT2D eigenvalue weighted by Gasteiger charge is -2.23. The SMILES string of the molecule is Cc1ncnc(Cl)c1C1=CC=C(Oc2nccc3occc23)CC1C. The lowest BCUT2D eigenvalue weighted by molar-refractivity contribution is 0.378. The number of aryl methyl sites for hydroxylation is 1. The third-order valence-electron chi connectivity index (χ3n) is 4.34. The molecule has 0 aromatic carbocycles. The summed E-state index contributed by atoms with van der Waals surface area (Å²) in [6, 6.07) is 3.68. The van der Waals surface area contributed by atoms with Gasteiger partial charge in [-0.1, -0.05) is 24.6 Å². The molecule has 0 fully saturated rings. The largest absolute Gasteiger partial charge is 0.464 e. The maximum atomic E-state index is 6.28. The summed E-state index contributed by atoms with van der Waals surface area (Å²) in [6.07, 6.45) is 9.52. The van der Waals surface area contributed by atoms with E-state index in [9.17, 15) is 0 Å². The topological polar surface area (TPSA) is 61.0 Å². The van der Waals surface area contributed by atoms with Crippen LogP contribution >= 0.6 is 11.6 Å². The van der Waals surface area contributed by atoms with E-state index in [1.165, 1.54) is 6.33 Å². The summed E-state index contributed by atoms with van der Waals surface area (Å²) in [4.78, 5) is 12.7. The molecule has 1 atom stereocenters. The van der Waals surface area contributed by atoms with Gasteiger partial charge in [0.15, 0.2) is 0 Å². The molecule has 0 aliphatic heterocycles. The molecule has 3 aromatic heterocycles. The van der Waals surface area contributed by atoms with Crippen LogP contribution in [0, 0.1) is 12.8 Å². The zero-order valence-electron chi connectivity index (χ0n) is 13.9. The predicted molar refractivity (Wildman–Crippen MR) is 96.3 cm³/mol. The van der Waals surface area contributed by atoms with Crippen molar-refractivity contribution in [3.63, 3.8) is 0 Å². The molecule has 1 unspecified atom stereocenters. The summed E-state index contributed by atoms with van der Waals surface area (Å²) in [5.41, 5.74) is 3.65. The van der Waals surface area contributed by atoms with E-state index in [0.29, 0.717) is 11.0 Å². The van der Waals surface area contributed by atoms with E-state index >= 15 is 0 Å². The maximum Gasteiger partial charge on any atom is 0.229 e. The highest BCUT2D eigenvalue weighted by molar-refractivity contribution is 6.31. The summed E-state index contributed by atoms with van der Waals surface area (Å²) in [5, 5.41) is 1.34. The summed E-state index contributed by atoms with van der Waals surface area (Å²) in [5.74, 6) is 1.63. The Kier molecular flexibility index (Phi) is 4.01. The van der Waals surface area contributed by atoms with Crippen molar-refractivity contribution in [3.8, 4) is 5.88 Å². The van der Waals surface area contributed by atoms with Crippen LogP contribution in [0.4, 0.5) is 0 Å². The van der Waals surface area contributed by atoms with Crippen LogP contribution in [0.1, 0.15) is 24.6 Å². The van der Waals surface area contributed by atoms with Gasteiger partial charge in [0.05, 0.1) is 11.6 Å². The van der Waals surface area contributed by atoms with Gasteiger partial charge in [-0.15, -0.1) is 0 Å². The van der Waals surface area contributed by atoms with E-state index in [-0.39, 0.29) is 5.92 Å². The highest BCUT2D eigenvalue weighted by atomic mass is 35.5. The van der Waals surface area contributed by atoms with Crippen molar-refractivity contribution in [2.45, 2.75) is 20.3 Å². The third-order valence-corrected chi connectivity index (χ3v) is 4.62. The number of nitrogens with zero attached hydrogens (tertiary/aromatic N) is 3. The van der Waals surface area contributed by atoms with Crippen LogP contribution in [0.5, 0.6) is 5.88 Å². The molecule has 6 heteroatoms. The fourth-order valence-corrected chi connectivity index (χ4v) is 3.37. The van der Waals surface area contributed by atoms with Gasteiger partial charge in [-0.05, 0) is 36.6 Å². The van der Waals surface area contributed by atoms with Crippen LogP contribution in [0.15, 0.2) is 53.2 Å². The first-order chi connectivity index (χ1) is 12.1. The van der Waals surface area contributed by atoms with Crippen molar-refractivity contribution in [1.29, 1.82) is 0 Å². The van der Waals surface area contributed by atoms with Crippen molar-refractivity contribution < 1.29 is 9.15 Å². The fraction of sp³-hybridized carbons (Fsp3) is 0.211. The second-order valence-corrected chi connectivity index (χ2v) is 6.39. The fourth-order valence-electron chi connectivity index (χ4n) is 3.08. The van der Waals surface area contributed by atoms with Gasteiger partial charge in [-0.2, -0.15) is 0 Å². The Hall–Kier alpha value is -2.66. The molecule has 0 N–H and O–H groups in total. The average molecular weight is 354 g/mol. The van der Waals surface area contributed by atoms with Gasteiger partial charge >= 0.3 is 0 Å². The van der Waals surface area contributed by atoms with Crippen LogP contribution in [-0.4, -0.2) is 15.0 Å². The quantitative estimate of drug-likeness (QED) is 0.622. The Morgan fingerprint density at radius 3 is 2.88 bits per heavy atom. The molecule has 126 valence electrons. The number of hydrogen-bond acceptors (Lipinski definition) is 5. The Bertz CT molecular complexity index is 987. The number of ether oxygens (including phenoxy) is 1. The van der Waals surface area contributed by atoms with Crippen molar-refractivity contribution in [1.82, 2.24) is 15.0 Å². The second kappa shape index (κ2) is 6.33. The molecule has 0 radical (unpaired) electrons. The van der Waals surface area contributed by atoms with E-state index in [1.807, 2.05) is 31.2 Å². The van der Waals surface area contributed by atoms with Crippen molar-refractivity contribution in [2.24, 2.45) is 5.92 Å². The molecule has 1 aliphatic carbocycles. The van der Waals surface area contributed by atoms with E-state index < -0.39 is 0 Å². The number of fused-ring (bicyclic) bond motifs is 1. The molecule has 5 nitrogen and oxygen atoms in total. The summed E-state index contributed by atoms with van der Waals surface area (Å²) < 4.78 is 11.4. The van der Waals surface area contributed by atoms with Crippen LogP contribution in [0.25, 0.3) is 16.5 Å². The van der Waals surface area contributed by atoms with E-state index in [2.05, 4.69) is 21.9 Å². The zero-order valence-corrected chi connectivity index (χ0v) is 14.6. The minimum absolute atomic E-state index is 0.228. The second-order valence-electron chi connectivity index (χ2n) is 6.04. The van der Waals surface area contributed by atoms with Gasteiger partial charge in [0.1, 0.15) is 22.8 Å². The van der Waals surface area contributed by atoms with Crippen LogP contribution in [0.3, 0.4) is 0 Å². The highest BCUT2D eigenvalue weighted by Crippen LogP contribution is 2.37. The molecule has 3 heterocycles. The monoisotopic (exact) mass is 353 g/mol. The first-order valence-corrected chi connectivity index (χ1v) is 8.39. The van der Waals surface area contributed by atoms with Crippen LogP contribution in [-0.2, 0) is 0 Å². The summed E-state index contributed by atoms with van der Waals surface area (Å²) in [7, 11) is 0. The minimum Gasteiger partial charge on any atom is -0.464 e. The molecule has 3 aromatic rings. The Balaban J connectivity index is 1.67. The summed E-state index contributed by atoms with van der Waals surface area (Å²) >= 11 is 6.28. The molecule has 0 spiro atoms. The summed E-state index contributed by atoms with van der Waals surface area (Å²) in [6.45, 7) is 4.08. The first-order valence-electron chi connectivity index (χ1n) is 8.02. The highest BCUT2D eigenvalue weighted by Gasteiger charge is 2.22. The number of hydrogen-bond donors (Lipinski definition) is 0. The van der Waals surface area contributed by atoms with E-state index in [0.717, 1.165) is 40.0 Å².